The van der Waals surface area contributed by atoms with Gasteiger partial charge >= 0.3 is 7.12 Å². The van der Waals surface area contributed by atoms with E-state index in [0.29, 0.717) is 0 Å². The molecule has 0 bridgehead atoms. The zero-order chi connectivity index (χ0) is 27.6. The Labute approximate surface area is 236 Å². The molecule has 0 unspecified atom stereocenters. The first-order chi connectivity index (χ1) is 19.1. The summed E-state index contributed by atoms with van der Waals surface area (Å²) in [6, 6.07) is 33.9. The Morgan fingerprint density at radius 1 is 0.525 bits per heavy atom. The molecule has 6 aromatic rings. The molecule has 6 aromatic carbocycles. The summed E-state index contributed by atoms with van der Waals surface area (Å²) >= 11 is 0. The van der Waals surface area contributed by atoms with Crippen LogP contribution >= 0.6 is 0 Å². The second kappa shape index (κ2) is 7.75. The van der Waals surface area contributed by atoms with Crippen LogP contribution in [0.15, 0.2) is 91.0 Å². The van der Waals surface area contributed by atoms with Gasteiger partial charge in [-0.1, -0.05) is 92.7 Å². The highest BCUT2D eigenvalue weighted by Gasteiger charge is 2.52. The van der Waals surface area contributed by atoms with Gasteiger partial charge in [-0.05, 0) is 111 Å². The fourth-order valence-corrected chi connectivity index (χ4v) is 7.19. The van der Waals surface area contributed by atoms with Gasteiger partial charge in [0.05, 0.1) is 11.2 Å². The Kier molecular flexibility index (Phi) is 4.68. The van der Waals surface area contributed by atoms with Crippen LogP contribution in [0.4, 0.5) is 0 Å². The molecule has 2 aliphatic rings. The lowest BCUT2D eigenvalue weighted by Crippen LogP contribution is -2.41. The molecule has 0 saturated carbocycles. The molecule has 0 N–H and O–H groups in total. The third-order valence-corrected chi connectivity index (χ3v) is 10.0. The summed E-state index contributed by atoms with van der Waals surface area (Å²) in [6.07, 6.45) is 0. The van der Waals surface area contributed by atoms with Crippen molar-refractivity contribution in [3.8, 4) is 11.1 Å². The van der Waals surface area contributed by atoms with Crippen molar-refractivity contribution in [2.24, 2.45) is 0 Å². The smallest absolute Gasteiger partial charge is 0.399 e. The number of benzene rings is 6. The van der Waals surface area contributed by atoms with Crippen molar-refractivity contribution in [1.82, 2.24) is 0 Å². The standard InChI is InChI=1S/C37H33BO2/c1-35(2)32-18-15-24(38-39-36(3,4)37(5,6)40-38)21-31(32)28-17-16-27-30-20-23-12-8-7-11-22(23)19-29(30)25-13-9-10-14-26(25)33(27)34(28)35/h7-21H,1-6H3. The number of hydrogen-bond acceptors (Lipinski definition) is 2. The average molecular weight is 520 g/mol. The lowest BCUT2D eigenvalue weighted by molar-refractivity contribution is 0.00578. The maximum Gasteiger partial charge on any atom is 0.494 e. The monoisotopic (exact) mass is 520 g/mol. The van der Waals surface area contributed by atoms with Crippen molar-refractivity contribution in [2.75, 3.05) is 0 Å². The summed E-state index contributed by atoms with van der Waals surface area (Å²) in [7, 11) is -0.374. The largest absolute Gasteiger partial charge is 0.494 e. The molecule has 196 valence electrons. The van der Waals surface area contributed by atoms with Crippen molar-refractivity contribution in [2.45, 2.75) is 58.2 Å². The zero-order valence-corrected chi connectivity index (χ0v) is 24.1. The second-order valence-corrected chi connectivity index (χ2v) is 13.2. The van der Waals surface area contributed by atoms with E-state index in [9.17, 15) is 0 Å². The molecule has 0 atom stereocenters. The molecular weight excluding hydrogens is 487 g/mol. The average Bonchev–Trinajstić information content (AvgIpc) is 3.31. The third kappa shape index (κ3) is 3.08. The molecule has 0 amide bonds. The van der Waals surface area contributed by atoms with Gasteiger partial charge < -0.3 is 9.31 Å². The van der Waals surface area contributed by atoms with E-state index in [0.717, 1.165) is 5.46 Å². The van der Waals surface area contributed by atoms with Crippen LogP contribution in [0.2, 0.25) is 0 Å². The van der Waals surface area contributed by atoms with Gasteiger partial charge in [-0.2, -0.15) is 0 Å². The summed E-state index contributed by atoms with van der Waals surface area (Å²) in [5.74, 6) is 0. The number of fused-ring (bicyclic) bond motifs is 11. The SMILES string of the molecule is CC1(C)c2ccc(B3OC(C)(C)C(C)(C)O3)cc2-c2ccc3c4cc5ccccc5cc4c4ccccc4c3c21. The Morgan fingerprint density at radius 2 is 1.10 bits per heavy atom. The van der Waals surface area contributed by atoms with Gasteiger partial charge in [0.15, 0.2) is 0 Å². The van der Waals surface area contributed by atoms with Gasteiger partial charge in [0.1, 0.15) is 0 Å². The van der Waals surface area contributed by atoms with E-state index in [-0.39, 0.29) is 23.7 Å². The molecule has 1 heterocycles. The highest BCUT2D eigenvalue weighted by atomic mass is 16.7. The highest BCUT2D eigenvalue weighted by Crippen LogP contribution is 2.53. The van der Waals surface area contributed by atoms with Gasteiger partial charge in [0, 0.05) is 5.41 Å². The minimum Gasteiger partial charge on any atom is -0.399 e. The predicted molar refractivity (Wildman–Crippen MR) is 170 cm³/mol. The summed E-state index contributed by atoms with van der Waals surface area (Å²) < 4.78 is 12.9. The van der Waals surface area contributed by atoms with E-state index in [1.807, 2.05) is 0 Å². The van der Waals surface area contributed by atoms with E-state index in [1.54, 1.807) is 0 Å². The fraction of sp³-hybridized carbons (Fsp3) is 0.243. The van der Waals surface area contributed by atoms with E-state index < -0.39 is 0 Å². The van der Waals surface area contributed by atoms with Crippen molar-refractivity contribution in [3.63, 3.8) is 0 Å². The Bertz CT molecular complexity index is 2030. The van der Waals surface area contributed by atoms with Crippen molar-refractivity contribution in [1.29, 1.82) is 0 Å². The first-order valence-corrected chi connectivity index (χ1v) is 14.4. The van der Waals surface area contributed by atoms with Gasteiger partial charge in [-0.25, -0.2) is 0 Å². The van der Waals surface area contributed by atoms with Crippen molar-refractivity contribution in [3.05, 3.63) is 102 Å². The Balaban J connectivity index is 1.42. The van der Waals surface area contributed by atoms with Crippen LogP contribution < -0.4 is 5.46 Å². The molecule has 3 heteroatoms. The molecule has 2 nitrogen and oxygen atoms in total. The van der Waals surface area contributed by atoms with E-state index >= 15 is 0 Å². The number of hydrogen-bond donors (Lipinski definition) is 0. The topological polar surface area (TPSA) is 18.5 Å². The molecular formula is C37H33BO2. The van der Waals surface area contributed by atoms with Crippen LogP contribution in [-0.2, 0) is 14.7 Å². The van der Waals surface area contributed by atoms with Crippen molar-refractivity contribution >= 4 is 55.7 Å². The molecule has 40 heavy (non-hydrogen) atoms. The summed E-state index contributed by atoms with van der Waals surface area (Å²) in [6.45, 7) is 13.2. The minimum absolute atomic E-state index is 0.147. The molecule has 8 rings (SSSR count). The van der Waals surface area contributed by atoms with Crippen LogP contribution in [0, 0.1) is 0 Å². The van der Waals surface area contributed by atoms with Gasteiger partial charge in [-0.3, -0.25) is 0 Å². The number of rotatable bonds is 1. The molecule has 1 aliphatic carbocycles. The van der Waals surface area contributed by atoms with E-state index in [4.69, 9.17) is 9.31 Å². The quantitative estimate of drug-likeness (QED) is 0.122. The predicted octanol–water partition coefficient (Wildman–Crippen LogP) is 8.90. The first kappa shape index (κ1) is 24.2. The van der Waals surface area contributed by atoms with Crippen LogP contribution in [-0.4, -0.2) is 18.3 Å². The maximum atomic E-state index is 6.44. The van der Waals surface area contributed by atoms with Gasteiger partial charge in [-0.15, -0.1) is 0 Å². The Morgan fingerprint density at radius 3 is 1.77 bits per heavy atom. The van der Waals surface area contributed by atoms with E-state index in [2.05, 4.69) is 133 Å². The summed E-state index contributed by atoms with van der Waals surface area (Å²) in [5, 5.41) is 10.5. The molecule has 0 radical (unpaired) electrons. The minimum atomic E-state index is -0.374. The fourth-order valence-electron chi connectivity index (χ4n) is 7.19. The maximum absolute atomic E-state index is 6.44. The van der Waals surface area contributed by atoms with Crippen LogP contribution in [0.5, 0.6) is 0 Å². The Hall–Kier alpha value is -3.66. The lowest BCUT2D eigenvalue weighted by Gasteiger charge is -2.32. The third-order valence-electron chi connectivity index (χ3n) is 10.0. The lowest BCUT2D eigenvalue weighted by atomic mass is 9.75. The first-order valence-electron chi connectivity index (χ1n) is 14.4. The highest BCUT2D eigenvalue weighted by molar-refractivity contribution is 6.62. The van der Waals surface area contributed by atoms with Crippen LogP contribution in [0.1, 0.15) is 52.7 Å². The normalized spacial score (nSPS) is 18.6. The summed E-state index contributed by atoms with van der Waals surface area (Å²) in [5.41, 5.74) is 5.58. The van der Waals surface area contributed by atoms with Crippen LogP contribution in [0.25, 0.3) is 54.2 Å². The second-order valence-electron chi connectivity index (χ2n) is 13.2. The van der Waals surface area contributed by atoms with Gasteiger partial charge in [0.2, 0.25) is 0 Å². The van der Waals surface area contributed by atoms with Gasteiger partial charge in [0.25, 0.3) is 0 Å². The molecule has 1 fully saturated rings. The van der Waals surface area contributed by atoms with Crippen molar-refractivity contribution < 1.29 is 9.31 Å². The zero-order valence-electron chi connectivity index (χ0n) is 24.1. The molecule has 1 saturated heterocycles. The van der Waals surface area contributed by atoms with Crippen LogP contribution in [0.3, 0.4) is 0 Å². The molecule has 1 aliphatic heterocycles. The van der Waals surface area contributed by atoms with E-state index in [1.165, 1.54) is 65.3 Å². The molecule has 0 spiro atoms. The molecule has 0 aromatic heterocycles. The summed E-state index contributed by atoms with van der Waals surface area (Å²) in [4.78, 5) is 0.